The van der Waals surface area contributed by atoms with Crippen LogP contribution in [0, 0.1) is 6.92 Å². The van der Waals surface area contributed by atoms with E-state index in [1.165, 1.54) is 6.07 Å². The van der Waals surface area contributed by atoms with Gasteiger partial charge in [-0.15, -0.1) is 0 Å². The molecule has 1 heterocycles. The van der Waals surface area contributed by atoms with Crippen molar-refractivity contribution in [2.45, 2.75) is 6.92 Å². The summed E-state index contributed by atoms with van der Waals surface area (Å²) in [7, 11) is 0. The number of rotatable bonds is 2. The summed E-state index contributed by atoms with van der Waals surface area (Å²) < 4.78 is 4.45. The van der Waals surface area contributed by atoms with Crippen molar-refractivity contribution >= 4 is 40.7 Å². The van der Waals surface area contributed by atoms with Gasteiger partial charge in [-0.3, -0.25) is 5.32 Å². The number of carbonyl (C=O) groups excluding carboxylic acids is 1. The molecule has 0 radical (unpaired) electrons. The molecule has 1 aromatic carbocycles. The van der Waals surface area contributed by atoms with Crippen LogP contribution >= 0.6 is 23.2 Å². The largest absolute Gasteiger partial charge is 0.324 e. The van der Waals surface area contributed by atoms with Gasteiger partial charge in [-0.05, 0) is 30.3 Å². The Bertz CT molecular complexity index is 585. The van der Waals surface area contributed by atoms with Gasteiger partial charge in [0.15, 0.2) is 0 Å². The molecule has 0 bridgehead atoms. The average Bonchev–Trinajstić information content (AvgIpc) is 2.70. The van der Waals surface area contributed by atoms with E-state index >= 15 is 0 Å². The summed E-state index contributed by atoms with van der Waals surface area (Å²) in [5.74, 6) is 0.257. The van der Waals surface area contributed by atoms with Crippen LogP contribution in [0.1, 0.15) is 5.69 Å². The molecule has 8 heteroatoms. The maximum absolute atomic E-state index is 11.6. The summed E-state index contributed by atoms with van der Waals surface area (Å²) in [6.45, 7) is 1.66. The first kappa shape index (κ1) is 12.7. The van der Waals surface area contributed by atoms with Crippen LogP contribution in [0.25, 0.3) is 0 Å². The van der Waals surface area contributed by atoms with Gasteiger partial charge < -0.3 is 5.32 Å². The second kappa shape index (κ2) is 5.24. The number of benzene rings is 1. The first-order valence-corrected chi connectivity index (χ1v) is 5.64. The minimum absolute atomic E-state index is 0.257. The molecule has 94 valence electrons. The molecule has 0 unspecified atom stereocenters. The SMILES string of the molecule is Cc1nonc1NC(=O)Nc1ccc(Cl)c(Cl)c1. The summed E-state index contributed by atoms with van der Waals surface area (Å²) in [5, 5.41) is 12.9. The van der Waals surface area contributed by atoms with Crippen molar-refractivity contribution in [3.8, 4) is 0 Å². The van der Waals surface area contributed by atoms with Crippen LogP contribution in [0.15, 0.2) is 22.8 Å². The third-order valence-corrected chi connectivity index (χ3v) is 2.80. The highest BCUT2D eigenvalue weighted by Crippen LogP contribution is 2.25. The first-order chi connectivity index (χ1) is 8.56. The second-order valence-electron chi connectivity index (χ2n) is 3.41. The fourth-order valence-electron chi connectivity index (χ4n) is 1.19. The molecular formula is C10H8Cl2N4O2. The van der Waals surface area contributed by atoms with Gasteiger partial charge in [0.25, 0.3) is 0 Å². The molecule has 0 atom stereocenters. The quantitative estimate of drug-likeness (QED) is 0.887. The number of urea groups is 1. The molecule has 6 nitrogen and oxygen atoms in total. The Morgan fingerprint density at radius 2 is 2.00 bits per heavy atom. The molecular weight excluding hydrogens is 279 g/mol. The zero-order valence-corrected chi connectivity index (χ0v) is 10.7. The zero-order chi connectivity index (χ0) is 13.1. The van der Waals surface area contributed by atoms with Gasteiger partial charge >= 0.3 is 6.03 Å². The molecule has 1 aromatic heterocycles. The molecule has 0 aliphatic carbocycles. The van der Waals surface area contributed by atoms with Crippen LogP contribution < -0.4 is 10.6 Å². The Balaban J connectivity index is 2.03. The number of hydrogen-bond acceptors (Lipinski definition) is 4. The van der Waals surface area contributed by atoms with Gasteiger partial charge in [-0.25, -0.2) is 9.42 Å². The Hall–Kier alpha value is -1.79. The monoisotopic (exact) mass is 286 g/mol. The molecule has 0 saturated heterocycles. The van der Waals surface area contributed by atoms with E-state index in [-0.39, 0.29) is 5.82 Å². The number of aryl methyl sites for hydroxylation is 1. The minimum Gasteiger partial charge on any atom is -0.308 e. The fourth-order valence-corrected chi connectivity index (χ4v) is 1.49. The van der Waals surface area contributed by atoms with Crippen molar-refractivity contribution in [3.63, 3.8) is 0 Å². The molecule has 0 aliphatic rings. The Morgan fingerprint density at radius 1 is 1.22 bits per heavy atom. The molecule has 0 aliphatic heterocycles. The van der Waals surface area contributed by atoms with Crippen LogP contribution in [0.5, 0.6) is 0 Å². The molecule has 0 fully saturated rings. The van der Waals surface area contributed by atoms with Gasteiger partial charge in [0, 0.05) is 5.69 Å². The zero-order valence-electron chi connectivity index (χ0n) is 9.20. The summed E-state index contributed by atoms with van der Waals surface area (Å²) in [5.41, 5.74) is 0.996. The van der Waals surface area contributed by atoms with E-state index in [0.717, 1.165) is 0 Å². The van der Waals surface area contributed by atoms with Crippen molar-refractivity contribution in [3.05, 3.63) is 33.9 Å². The lowest BCUT2D eigenvalue weighted by molar-refractivity contribution is 0.261. The number of anilines is 2. The lowest BCUT2D eigenvalue weighted by Gasteiger charge is -2.06. The van der Waals surface area contributed by atoms with Gasteiger partial charge in [0.2, 0.25) is 5.82 Å². The van der Waals surface area contributed by atoms with Crippen molar-refractivity contribution in [2.24, 2.45) is 0 Å². The number of nitrogens with one attached hydrogen (secondary N) is 2. The number of hydrogen-bond donors (Lipinski definition) is 2. The first-order valence-electron chi connectivity index (χ1n) is 4.88. The molecule has 2 aromatic rings. The maximum Gasteiger partial charge on any atom is 0.324 e. The Morgan fingerprint density at radius 3 is 2.61 bits per heavy atom. The third-order valence-electron chi connectivity index (χ3n) is 2.06. The van der Waals surface area contributed by atoms with E-state index in [1.807, 2.05) is 0 Å². The Kier molecular flexibility index (Phi) is 3.69. The lowest BCUT2D eigenvalue weighted by Crippen LogP contribution is -2.20. The van der Waals surface area contributed by atoms with E-state index in [1.54, 1.807) is 19.1 Å². The molecule has 18 heavy (non-hydrogen) atoms. The number of halogens is 2. The summed E-state index contributed by atoms with van der Waals surface area (Å²) in [6.07, 6.45) is 0. The minimum atomic E-state index is -0.479. The van der Waals surface area contributed by atoms with Gasteiger partial charge in [0.05, 0.1) is 10.0 Å². The van der Waals surface area contributed by atoms with Gasteiger partial charge in [0.1, 0.15) is 5.69 Å². The van der Waals surface area contributed by atoms with E-state index < -0.39 is 6.03 Å². The number of nitrogens with zero attached hydrogens (tertiary/aromatic N) is 2. The van der Waals surface area contributed by atoms with Crippen molar-refractivity contribution in [1.29, 1.82) is 0 Å². The number of aromatic nitrogens is 2. The van der Waals surface area contributed by atoms with Crippen LogP contribution in [0.4, 0.5) is 16.3 Å². The van der Waals surface area contributed by atoms with E-state index in [4.69, 9.17) is 23.2 Å². The predicted octanol–water partition coefficient (Wildman–Crippen LogP) is 3.33. The van der Waals surface area contributed by atoms with Crippen LogP contribution in [0.3, 0.4) is 0 Å². The molecule has 2 N–H and O–H groups in total. The van der Waals surface area contributed by atoms with Crippen LogP contribution in [0.2, 0.25) is 10.0 Å². The fraction of sp³-hybridized carbons (Fsp3) is 0.100. The van der Waals surface area contributed by atoms with E-state index in [9.17, 15) is 4.79 Å². The summed E-state index contributed by atoms with van der Waals surface area (Å²) in [6, 6.07) is 4.27. The van der Waals surface area contributed by atoms with Crippen LogP contribution in [-0.4, -0.2) is 16.3 Å². The second-order valence-corrected chi connectivity index (χ2v) is 4.22. The average molecular weight is 287 g/mol. The van der Waals surface area contributed by atoms with Gasteiger partial charge in [-0.2, -0.15) is 0 Å². The third kappa shape index (κ3) is 2.91. The Labute approximate surface area is 112 Å². The van der Waals surface area contributed by atoms with Crippen molar-refractivity contribution in [2.75, 3.05) is 10.6 Å². The molecule has 0 spiro atoms. The van der Waals surface area contributed by atoms with E-state index in [0.29, 0.717) is 21.4 Å². The number of carbonyl (C=O) groups is 1. The maximum atomic E-state index is 11.6. The normalized spacial score (nSPS) is 10.2. The highest BCUT2D eigenvalue weighted by molar-refractivity contribution is 6.42. The predicted molar refractivity (Wildman–Crippen MR) is 68.1 cm³/mol. The molecule has 2 amide bonds. The topological polar surface area (TPSA) is 80.1 Å². The summed E-state index contributed by atoms with van der Waals surface area (Å²) >= 11 is 11.6. The standard InChI is InChI=1S/C10H8Cl2N4O2/c1-5-9(16-18-15-5)14-10(17)13-6-2-3-7(11)8(12)4-6/h2-4H,1H3,(H2,13,14,16,17). The number of amides is 2. The van der Waals surface area contributed by atoms with Gasteiger partial charge in [-0.1, -0.05) is 28.4 Å². The van der Waals surface area contributed by atoms with Crippen molar-refractivity contribution in [1.82, 2.24) is 10.3 Å². The lowest BCUT2D eigenvalue weighted by atomic mass is 10.3. The highest BCUT2D eigenvalue weighted by Gasteiger charge is 2.10. The highest BCUT2D eigenvalue weighted by atomic mass is 35.5. The summed E-state index contributed by atoms with van der Waals surface area (Å²) in [4.78, 5) is 11.6. The smallest absolute Gasteiger partial charge is 0.308 e. The van der Waals surface area contributed by atoms with E-state index in [2.05, 4.69) is 25.6 Å². The molecule has 2 rings (SSSR count). The van der Waals surface area contributed by atoms with Crippen molar-refractivity contribution < 1.29 is 9.42 Å². The molecule has 0 saturated carbocycles. The van der Waals surface area contributed by atoms with Crippen LogP contribution in [-0.2, 0) is 0 Å².